The van der Waals surface area contributed by atoms with Crippen LogP contribution in [0, 0.1) is 4.77 Å². The molecule has 3 rings (SSSR count). The normalized spacial score (nSPS) is 22.2. The lowest BCUT2D eigenvalue weighted by Crippen LogP contribution is -2.47. The van der Waals surface area contributed by atoms with Gasteiger partial charge >= 0.3 is 0 Å². The van der Waals surface area contributed by atoms with Gasteiger partial charge in [-0.15, -0.1) is 0 Å². The fourth-order valence-corrected chi connectivity index (χ4v) is 2.88. The zero-order valence-electron chi connectivity index (χ0n) is 13.7. The Labute approximate surface area is 141 Å². The number of benzene rings is 1. The Morgan fingerprint density at radius 2 is 2.09 bits per heavy atom. The first-order valence-corrected chi connectivity index (χ1v) is 8.14. The van der Waals surface area contributed by atoms with Crippen LogP contribution < -0.4 is 4.74 Å². The van der Waals surface area contributed by atoms with Crippen LogP contribution in [0.4, 0.5) is 0 Å². The van der Waals surface area contributed by atoms with Gasteiger partial charge in [0.2, 0.25) is 4.77 Å². The average Bonchev–Trinajstić information content (AvgIpc) is 2.92. The second-order valence-corrected chi connectivity index (χ2v) is 6.28. The summed E-state index contributed by atoms with van der Waals surface area (Å²) in [6.07, 6.45) is 0.240. The van der Waals surface area contributed by atoms with Crippen LogP contribution >= 0.6 is 12.2 Å². The minimum Gasteiger partial charge on any atom is -0.497 e. The number of methoxy groups -OCH3 is 1. The van der Waals surface area contributed by atoms with E-state index in [2.05, 4.69) is 28.8 Å². The molecular weight excluding hydrogens is 312 g/mol. The molecule has 0 unspecified atom stereocenters. The highest BCUT2D eigenvalue weighted by Gasteiger charge is 2.24. The van der Waals surface area contributed by atoms with Crippen molar-refractivity contribution in [1.29, 1.82) is 0 Å². The van der Waals surface area contributed by atoms with E-state index < -0.39 is 0 Å². The Morgan fingerprint density at radius 3 is 2.78 bits per heavy atom. The molecule has 1 N–H and O–H groups in total. The Hall–Kier alpha value is -1.70. The molecule has 1 aliphatic heterocycles. The largest absolute Gasteiger partial charge is 0.497 e. The number of H-pyrrole nitrogens is 1. The van der Waals surface area contributed by atoms with Crippen molar-refractivity contribution in [2.45, 2.75) is 32.7 Å². The van der Waals surface area contributed by atoms with E-state index in [0.29, 0.717) is 17.5 Å². The van der Waals surface area contributed by atoms with Crippen molar-refractivity contribution in [2.24, 2.45) is 0 Å². The highest BCUT2D eigenvalue weighted by molar-refractivity contribution is 7.71. The van der Waals surface area contributed by atoms with E-state index in [1.807, 2.05) is 28.9 Å². The molecule has 2 heterocycles. The van der Waals surface area contributed by atoms with Gasteiger partial charge in [0.15, 0.2) is 5.82 Å². The van der Waals surface area contributed by atoms with Crippen molar-refractivity contribution < 1.29 is 9.47 Å². The molecule has 1 aromatic carbocycles. The summed E-state index contributed by atoms with van der Waals surface area (Å²) < 4.78 is 13.3. The topological polar surface area (TPSA) is 55.3 Å². The standard InChI is InChI=1S/C16H22N4O2S/c1-11-9-22-12(2)8-19(11)10-20-16(23)17-15(18-20)13-4-6-14(21-3)7-5-13/h4-7,11-12H,8-10H2,1-3H3,(H,17,18,23)/t11-,12+/m1/s1. The zero-order valence-corrected chi connectivity index (χ0v) is 14.5. The molecule has 2 aromatic rings. The molecular formula is C16H22N4O2S. The maximum atomic E-state index is 5.67. The molecule has 1 saturated heterocycles. The van der Waals surface area contributed by atoms with Crippen molar-refractivity contribution in [3.63, 3.8) is 0 Å². The summed E-state index contributed by atoms with van der Waals surface area (Å²) in [5, 5.41) is 3.30. The number of rotatable bonds is 4. The second kappa shape index (κ2) is 6.82. The van der Waals surface area contributed by atoms with Crippen LogP contribution in [0.3, 0.4) is 0 Å². The Balaban J connectivity index is 1.79. The van der Waals surface area contributed by atoms with Crippen LogP contribution in [0.2, 0.25) is 0 Å². The maximum Gasteiger partial charge on any atom is 0.217 e. The molecule has 1 aliphatic rings. The van der Waals surface area contributed by atoms with Crippen molar-refractivity contribution >= 4 is 12.2 Å². The summed E-state index contributed by atoms with van der Waals surface area (Å²) >= 11 is 5.40. The summed E-state index contributed by atoms with van der Waals surface area (Å²) in [7, 11) is 1.65. The number of hydrogen-bond acceptors (Lipinski definition) is 5. The van der Waals surface area contributed by atoms with Crippen LogP contribution in [0.15, 0.2) is 24.3 Å². The van der Waals surface area contributed by atoms with Gasteiger partial charge < -0.3 is 9.47 Å². The Kier molecular flexibility index (Phi) is 4.79. The minimum atomic E-state index is 0.240. The molecule has 23 heavy (non-hydrogen) atoms. The van der Waals surface area contributed by atoms with Gasteiger partial charge in [-0.3, -0.25) is 10.00 Å². The lowest BCUT2D eigenvalue weighted by molar-refractivity contribution is -0.0624. The minimum absolute atomic E-state index is 0.240. The third-order valence-corrected chi connectivity index (χ3v) is 4.41. The molecule has 0 amide bonds. The monoisotopic (exact) mass is 334 g/mol. The molecule has 0 saturated carbocycles. The van der Waals surface area contributed by atoms with Gasteiger partial charge in [0.05, 0.1) is 26.5 Å². The number of aromatic amines is 1. The van der Waals surface area contributed by atoms with Gasteiger partial charge in [-0.05, 0) is 50.3 Å². The summed E-state index contributed by atoms with van der Waals surface area (Å²) in [4.78, 5) is 6.82. The summed E-state index contributed by atoms with van der Waals surface area (Å²) in [6, 6.07) is 8.13. The molecule has 0 spiro atoms. The lowest BCUT2D eigenvalue weighted by atomic mass is 10.2. The molecule has 0 bridgehead atoms. The van der Waals surface area contributed by atoms with Gasteiger partial charge in [0, 0.05) is 18.2 Å². The first kappa shape index (κ1) is 16.2. The molecule has 1 fully saturated rings. The molecule has 0 aliphatic carbocycles. The molecule has 1 aromatic heterocycles. The fraction of sp³-hybridized carbons (Fsp3) is 0.500. The van der Waals surface area contributed by atoms with E-state index in [1.165, 1.54) is 0 Å². The van der Waals surface area contributed by atoms with Gasteiger partial charge in [0.25, 0.3) is 0 Å². The quantitative estimate of drug-likeness (QED) is 0.871. The Bertz CT molecular complexity index is 710. The summed E-state index contributed by atoms with van der Waals surface area (Å²) in [5.74, 6) is 1.59. The lowest BCUT2D eigenvalue weighted by Gasteiger charge is -2.36. The zero-order chi connectivity index (χ0) is 16.4. The van der Waals surface area contributed by atoms with Crippen LogP contribution in [-0.2, 0) is 11.4 Å². The van der Waals surface area contributed by atoms with E-state index in [0.717, 1.165) is 30.3 Å². The molecule has 2 atom stereocenters. The highest BCUT2D eigenvalue weighted by Crippen LogP contribution is 2.20. The molecule has 6 nitrogen and oxygen atoms in total. The highest BCUT2D eigenvalue weighted by atomic mass is 32.1. The Morgan fingerprint density at radius 1 is 1.35 bits per heavy atom. The van der Waals surface area contributed by atoms with E-state index >= 15 is 0 Å². The third-order valence-electron chi connectivity index (χ3n) is 4.10. The van der Waals surface area contributed by atoms with Gasteiger partial charge in [-0.25, -0.2) is 4.68 Å². The van der Waals surface area contributed by atoms with Crippen molar-refractivity contribution in [3.05, 3.63) is 29.0 Å². The van der Waals surface area contributed by atoms with Crippen molar-refractivity contribution in [2.75, 3.05) is 20.3 Å². The number of nitrogens with zero attached hydrogens (tertiary/aromatic N) is 3. The van der Waals surface area contributed by atoms with Crippen LogP contribution in [0.1, 0.15) is 13.8 Å². The first-order valence-electron chi connectivity index (χ1n) is 7.73. The molecule has 7 heteroatoms. The number of morpholine rings is 1. The number of aromatic nitrogens is 3. The van der Waals surface area contributed by atoms with Crippen molar-refractivity contribution in [3.8, 4) is 17.1 Å². The van der Waals surface area contributed by atoms with E-state index in [9.17, 15) is 0 Å². The van der Waals surface area contributed by atoms with Gasteiger partial charge in [0.1, 0.15) is 5.75 Å². The maximum absolute atomic E-state index is 5.67. The average molecular weight is 334 g/mol. The van der Waals surface area contributed by atoms with E-state index in [1.54, 1.807) is 7.11 Å². The predicted octanol–water partition coefficient (Wildman–Crippen LogP) is 2.68. The first-order chi connectivity index (χ1) is 11.1. The second-order valence-electron chi connectivity index (χ2n) is 5.92. The van der Waals surface area contributed by atoms with Gasteiger partial charge in [-0.2, -0.15) is 4.98 Å². The third kappa shape index (κ3) is 3.63. The van der Waals surface area contributed by atoms with Crippen molar-refractivity contribution in [1.82, 2.24) is 19.7 Å². The number of hydrogen-bond donors (Lipinski definition) is 1. The molecule has 0 radical (unpaired) electrons. The van der Waals surface area contributed by atoms with E-state index in [4.69, 9.17) is 21.7 Å². The predicted molar refractivity (Wildman–Crippen MR) is 91.0 cm³/mol. The summed E-state index contributed by atoms with van der Waals surface area (Å²) in [6.45, 7) is 6.58. The van der Waals surface area contributed by atoms with E-state index in [-0.39, 0.29) is 6.10 Å². The van der Waals surface area contributed by atoms with Crippen LogP contribution in [0.5, 0.6) is 5.75 Å². The fourth-order valence-electron chi connectivity index (χ4n) is 2.68. The van der Waals surface area contributed by atoms with Gasteiger partial charge in [-0.1, -0.05) is 0 Å². The number of nitrogens with one attached hydrogen (secondary N) is 1. The SMILES string of the molecule is COc1ccc(-c2nc(=S)n(CN3C[C@H](C)OC[C@H]3C)[nH]2)cc1. The molecule has 124 valence electrons. The van der Waals surface area contributed by atoms with Crippen LogP contribution in [0.25, 0.3) is 11.4 Å². The summed E-state index contributed by atoms with van der Waals surface area (Å²) in [5.41, 5.74) is 0.985. The number of ether oxygens (including phenoxy) is 2. The smallest absolute Gasteiger partial charge is 0.217 e. The van der Waals surface area contributed by atoms with Crippen LogP contribution in [-0.4, -0.2) is 52.1 Å².